The van der Waals surface area contributed by atoms with Gasteiger partial charge < -0.3 is 10.2 Å². The molecule has 3 aliphatic heterocycles. The molecule has 204 valence electrons. The van der Waals surface area contributed by atoms with E-state index in [1.807, 2.05) is 9.80 Å². The molecule has 2 N–H and O–H groups in total. The molecule has 0 aliphatic carbocycles. The van der Waals surface area contributed by atoms with Crippen LogP contribution in [0, 0.1) is 0 Å². The van der Waals surface area contributed by atoms with Crippen molar-refractivity contribution in [1.29, 1.82) is 0 Å². The highest BCUT2D eigenvalue weighted by molar-refractivity contribution is 9.09. The molecule has 1 unspecified atom stereocenters. The SMILES string of the molecule is O=C1CCC(N2C(=O)c3cccc(NC(=O)CN4CCN(C(=O)CCCCCCBr)CC4)c3C2=O)C(=O)N1. The number of anilines is 1. The standard InChI is InChI=1S/C26H32BrN5O6/c27-11-4-2-1-3-8-22(35)31-14-12-30(13-15-31)16-21(34)28-18-7-5-6-17-23(18)26(38)32(25(17)37)19-9-10-20(33)29-24(19)36/h5-7,19H,1-4,8-16H2,(H,28,34)(H,29,33,36). The third kappa shape index (κ3) is 6.29. The summed E-state index contributed by atoms with van der Waals surface area (Å²) in [5.41, 5.74) is 0.355. The number of amides is 6. The number of imide groups is 2. The zero-order valence-corrected chi connectivity index (χ0v) is 22.8. The quantitative estimate of drug-likeness (QED) is 0.240. The van der Waals surface area contributed by atoms with Crippen molar-refractivity contribution in [3.8, 4) is 0 Å². The number of rotatable bonds is 10. The Hall–Kier alpha value is -3.12. The first-order chi connectivity index (χ1) is 18.3. The molecule has 6 amide bonds. The fraction of sp³-hybridized carbons (Fsp3) is 0.538. The molecule has 0 bridgehead atoms. The Labute approximate surface area is 229 Å². The average Bonchev–Trinajstić information content (AvgIpc) is 3.14. The van der Waals surface area contributed by atoms with E-state index in [1.54, 1.807) is 12.1 Å². The van der Waals surface area contributed by atoms with E-state index in [4.69, 9.17) is 0 Å². The molecule has 1 aromatic carbocycles. The van der Waals surface area contributed by atoms with Gasteiger partial charge in [-0.15, -0.1) is 0 Å². The lowest BCUT2D eigenvalue weighted by Crippen LogP contribution is -2.54. The maximum atomic E-state index is 13.2. The highest BCUT2D eigenvalue weighted by Gasteiger charge is 2.45. The molecule has 3 heterocycles. The van der Waals surface area contributed by atoms with Crippen LogP contribution in [0.5, 0.6) is 0 Å². The number of piperidine rings is 1. The maximum absolute atomic E-state index is 13.2. The first kappa shape index (κ1) is 27.9. The van der Waals surface area contributed by atoms with Crippen LogP contribution < -0.4 is 10.6 Å². The number of hydrogen-bond donors (Lipinski definition) is 2. The first-order valence-corrected chi connectivity index (χ1v) is 14.1. The van der Waals surface area contributed by atoms with Gasteiger partial charge in [0, 0.05) is 44.4 Å². The summed E-state index contributed by atoms with van der Waals surface area (Å²) < 4.78 is 0. The molecule has 0 spiro atoms. The lowest BCUT2D eigenvalue weighted by molar-refractivity contribution is -0.136. The van der Waals surface area contributed by atoms with Crippen LogP contribution in [0.2, 0.25) is 0 Å². The fourth-order valence-electron chi connectivity index (χ4n) is 5.05. The van der Waals surface area contributed by atoms with Crippen LogP contribution in [-0.4, -0.2) is 94.2 Å². The lowest BCUT2D eigenvalue weighted by atomic mass is 10.0. The topological polar surface area (TPSA) is 136 Å². The van der Waals surface area contributed by atoms with Crippen molar-refractivity contribution in [3.63, 3.8) is 0 Å². The van der Waals surface area contributed by atoms with Crippen molar-refractivity contribution in [1.82, 2.24) is 20.0 Å². The van der Waals surface area contributed by atoms with Gasteiger partial charge in [0.15, 0.2) is 0 Å². The van der Waals surface area contributed by atoms with E-state index in [0.29, 0.717) is 32.6 Å². The molecule has 1 atom stereocenters. The number of benzene rings is 1. The second kappa shape index (κ2) is 12.6. The van der Waals surface area contributed by atoms with Crippen LogP contribution in [0.4, 0.5) is 5.69 Å². The molecule has 0 aromatic heterocycles. The minimum absolute atomic E-state index is 0.0314. The van der Waals surface area contributed by atoms with E-state index >= 15 is 0 Å². The third-order valence-corrected chi connectivity index (χ3v) is 7.67. The molecule has 12 heteroatoms. The van der Waals surface area contributed by atoms with Crippen molar-refractivity contribution >= 4 is 57.1 Å². The van der Waals surface area contributed by atoms with Gasteiger partial charge in [-0.2, -0.15) is 0 Å². The summed E-state index contributed by atoms with van der Waals surface area (Å²) in [4.78, 5) is 79.9. The van der Waals surface area contributed by atoms with Gasteiger partial charge in [-0.1, -0.05) is 34.8 Å². The monoisotopic (exact) mass is 589 g/mol. The Bertz CT molecular complexity index is 1130. The van der Waals surface area contributed by atoms with Crippen LogP contribution in [0.1, 0.15) is 65.7 Å². The Morgan fingerprint density at radius 1 is 0.974 bits per heavy atom. The molecule has 0 saturated carbocycles. The van der Waals surface area contributed by atoms with Gasteiger partial charge in [-0.25, -0.2) is 0 Å². The molecule has 1 aromatic rings. The predicted octanol–water partition coefficient (Wildman–Crippen LogP) is 1.52. The Kier molecular flexibility index (Phi) is 9.26. The molecule has 3 aliphatic rings. The largest absolute Gasteiger partial charge is 0.340 e. The van der Waals surface area contributed by atoms with E-state index in [2.05, 4.69) is 26.6 Å². The van der Waals surface area contributed by atoms with E-state index in [9.17, 15) is 28.8 Å². The second-order valence-corrected chi connectivity index (χ2v) is 10.5. The van der Waals surface area contributed by atoms with Crippen LogP contribution in [0.3, 0.4) is 0 Å². The summed E-state index contributed by atoms with van der Waals surface area (Å²) in [7, 11) is 0. The normalized spacial score (nSPS) is 20.0. The number of carbonyl (C=O) groups is 6. The fourth-order valence-corrected chi connectivity index (χ4v) is 5.45. The number of carbonyl (C=O) groups excluding carboxylic acids is 6. The predicted molar refractivity (Wildman–Crippen MR) is 142 cm³/mol. The number of hydrogen-bond acceptors (Lipinski definition) is 7. The molecule has 38 heavy (non-hydrogen) atoms. The number of fused-ring (bicyclic) bond motifs is 1. The van der Waals surface area contributed by atoms with E-state index in [-0.39, 0.29) is 48.0 Å². The van der Waals surface area contributed by atoms with E-state index < -0.39 is 29.7 Å². The van der Waals surface area contributed by atoms with Crippen molar-refractivity contribution in [3.05, 3.63) is 29.3 Å². The Morgan fingerprint density at radius 2 is 1.71 bits per heavy atom. The zero-order chi connectivity index (χ0) is 27.2. The summed E-state index contributed by atoms with van der Waals surface area (Å²) in [5, 5.41) is 5.89. The van der Waals surface area contributed by atoms with Crippen molar-refractivity contribution < 1.29 is 28.8 Å². The molecular weight excluding hydrogens is 558 g/mol. The van der Waals surface area contributed by atoms with Gasteiger partial charge in [-0.05, 0) is 31.4 Å². The molecule has 2 saturated heterocycles. The van der Waals surface area contributed by atoms with Gasteiger partial charge in [0.2, 0.25) is 23.6 Å². The highest BCUT2D eigenvalue weighted by atomic mass is 79.9. The first-order valence-electron chi connectivity index (χ1n) is 13.0. The van der Waals surface area contributed by atoms with E-state index in [0.717, 1.165) is 35.9 Å². The zero-order valence-electron chi connectivity index (χ0n) is 21.2. The molecule has 2 fully saturated rings. The van der Waals surface area contributed by atoms with Gasteiger partial charge in [0.05, 0.1) is 23.4 Å². The number of unbranched alkanes of at least 4 members (excludes halogenated alkanes) is 3. The maximum Gasteiger partial charge on any atom is 0.264 e. The molecular formula is C26H32BrN5O6. The average molecular weight is 590 g/mol. The van der Waals surface area contributed by atoms with E-state index in [1.165, 1.54) is 6.07 Å². The number of nitrogens with zero attached hydrogens (tertiary/aromatic N) is 3. The lowest BCUT2D eigenvalue weighted by Gasteiger charge is -2.34. The number of piperazine rings is 1. The van der Waals surface area contributed by atoms with Crippen LogP contribution >= 0.6 is 15.9 Å². The van der Waals surface area contributed by atoms with Crippen molar-refractivity contribution in [2.24, 2.45) is 0 Å². The Balaban J connectivity index is 1.30. The smallest absolute Gasteiger partial charge is 0.264 e. The van der Waals surface area contributed by atoms with Crippen molar-refractivity contribution in [2.45, 2.75) is 51.0 Å². The van der Waals surface area contributed by atoms with Gasteiger partial charge >= 0.3 is 0 Å². The van der Waals surface area contributed by atoms with Gasteiger partial charge in [-0.3, -0.25) is 43.9 Å². The number of halogens is 1. The van der Waals surface area contributed by atoms with Gasteiger partial charge in [0.1, 0.15) is 6.04 Å². The van der Waals surface area contributed by atoms with Crippen LogP contribution in [0.25, 0.3) is 0 Å². The molecule has 11 nitrogen and oxygen atoms in total. The molecule has 0 radical (unpaired) electrons. The third-order valence-electron chi connectivity index (χ3n) is 7.11. The highest BCUT2D eigenvalue weighted by Crippen LogP contribution is 2.32. The van der Waals surface area contributed by atoms with Crippen molar-refractivity contribution in [2.75, 3.05) is 43.4 Å². The Morgan fingerprint density at radius 3 is 2.42 bits per heavy atom. The minimum atomic E-state index is -1.07. The molecule has 4 rings (SSSR count). The number of alkyl halides is 1. The summed E-state index contributed by atoms with van der Waals surface area (Å²) in [6, 6.07) is 3.52. The van der Waals surface area contributed by atoms with Crippen LogP contribution in [0.15, 0.2) is 18.2 Å². The summed E-state index contributed by atoms with van der Waals surface area (Å²) in [5.74, 6) is -2.62. The second-order valence-electron chi connectivity index (χ2n) is 9.73. The minimum Gasteiger partial charge on any atom is -0.340 e. The summed E-state index contributed by atoms with van der Waals surface area (Å²) in [6.45, 7) is 2.33. The number of nitrogens with one attached hydrogen (secondary N) is 2. The van der Waals surface area contributed by atoms with Crippen LogP contribution in [-0.2, 0) is 19.2 Å². The summed E-state index contributed by atoms with van der Waals surface area (Å²) >= 11 is 3.41. The summed E-state index contributed by atoms with van der Waals surface area (Å²) in [6.07, 6.45) is 4.79. The van der Waals surface area contributed by atoms with Gasteiger partial charge in [0.25, 0.3) is 11.8 Å².